The topological polar surface area (TPSA) is 69.6 Å². The number of amides is 1. The van der Waals surface area contributed by atoms with Crippen molar-refractivity contribution >= 4 is 11.9 Å². The van der Waals surface area contributed by atoms with Gasteiger partial charge >= 0.3 is 5.97 Å². The molecule has 0 aliphatic heterocycles. The second-order valence-corrected chi connectivity index (χ2v) is 7.40. The van der Waals surface area contributed by atoms with Crippen LogP contribution in [0.4, 0.5) is 0 Å². The molecule has 0 atom stereocenters. The molecule has 0 unspecified atom stereocenters. The molecule has 2 aromatic rings. The summed E-state index contributed by atoms with van der Waals surface area (Å²) in [6, 6.07) is 18.4. The molecule has 0 radical (unpaired) electrons. The van der Waals surface area contributed by atoms with Crippen molar-refractivity contribution in [3.63, 3.8) is 0 Å². The van der Waals surface area contributed by atoms with E-state index in [1.165, 1.54) is 5.56 Å². The lowest BCUT2D eigenvalue weighted by molar-refractivity contribution is -0.139. The molecule has 2 N–H and O–H groups in total. The summed E-state index contributed by atoms with van der Waals surface area (Å²) >= 11 is 0. The molecule has 0 aromatic heterocycles. The smallest absolute Gasteiger partial charge is 0.317 e. The number of benzene rings is 2. The van der Waals surface area contributed by atoms with E-state index in [4.69, 9.17) is 5.11 Å². The number of likely N-dealkylation sites (N-methyl/N-ethyl adjacent to an activating group) is 1. The second kappa shape index (κ2) is 9.51. The minimum atomic E-state index is -0.804. The molecule has 5 heteroatoms. The van der Waals surface area contributed by atoms with Crippen LogP contribution in [0.5, 0.6) is 0 Å². The Bertz CT molecular complexity index is 801. The highest BCUT2D eigenvalue weighted by Gasteiger charge is 2.34. The number of rotatable bonds is 9. The van der Waals surface area contributed by atoms with Crippen molar-refractivity contribution in [3.8, 4) is 0 Å². The van der Waals surface area contributed by atoms with E-state index in [1.54, 1.807) is 0 Å². The Morgan fingerprint density at radius 3 is 2.39 bits per heavy atom. The molecule has 5 nitrogen and oxygen atoms in total. The van der Waals surface area contributed by atoms with Gasteiger partial charge in [0.25, 0.3) is 5.91 Å². The van der Waals surface area contributed by atoms with Crippen LogP contribution in [0.1, 0.15) is 41.3 Å². The molecule has 2 aromatic carbocycles. The van der Waals surface area contributed by atoms with Gasteiger partial charge in [-0.05, 0) is 49.4 Å². The first-order chi connectivity index (χ1) is 13.6. The minimum Gasteiger partial charge on any atom is -0.480 e. The molecule has 0 heterocycles. The van der Waals surface area contributed by atoms with E-state index in [0.717, 1.165) is 36.8 Å². The fraction of sp³-hybridized carbons (Fsp3) is 0.391. The van der Waals surface area contributed by atoms with Crippen molar-refractivity contribution in [1.29, 1.82) is 0 Å². The molecule has 0 spiro atoms. The molecule has 1 amide bonds. The van der Waals surface area contributed by atoms with E-state index in [2.05, 4.69) is 17.4 Å². The highest BCUT2D eigenvalue weighted by molar-refractivity contribution is 5.96. The number of nitrogens with zero attached hydrogens (tertiary/aromatic N) is 1. The molecule has 1 aliphatic carbocycles. The SMILES string of the molecule is CCN(CC(=O)O)C1CC(NC(=O)c2ccccc2CCc2ccccc2)C1. The van der Waals surface area contributed by atoms with Crippen molar-refractivity contribution in [2.24, 2.45) is 0 Å². The molecule has 3 rings (SSSR count). The number of aryl methyl sites for hydroxylation is 2. The Morgan fingerprint density at radius 2 is 1.71 bits per heavy atom. The lowest BCUT2D eigenvalue weighted by Gasteiger charge is -2.42. The average molecular weight is 380 g/mol. The normalized spacial score (nSPS) is 18.5. The predicted molar refractivity (Wildman–Crippen MR) is 109 cm³/mol. The lowest BCUT2D eigenvalue weighted by atomic mass is 9.85. The summed E-state index contributed by atoms with van der Waals surface area (Å²) in [5, 5.41) is 12.1. The highest BCUT2D eigenvalue weighted by atomic mass is 16.4. The summed E-state index contributed by atoms with van der Waals surface area (Å²) in [7, 11) is 0. The maximum Gasteiger partial charge on any atom is 0.317 e. The van der Waals surface area contributed by atoms with Gasteiger partial charge in [0.2, 0.25) is 0 Å². The van der Waals surface area contributed by atoms with Crippen LogP contribution in [0.3, 0.4) is 0 Å². The third-order valence-electron chi connectivity index (χ3n) is 5.50. The van der Waals surface area contributed by atoms with Gasteiger partial charge in [-0.1, -0.05) is 55.5 Å². The van der Waals surface area contributed by atoms with Gasteiger partial charge in [0.1, 0.15) is 0 Å². The molecule has 28 heavy (non-hydrogen) atoms. The molecule has 1 aliphatic rings. The van der Waals surface area contributed by atoms with Crippen molar-refractivity contribution in [2.75, 3.05) is 13.1 Å². The minimum absolute atomic E-state index is 0.0339. The number of carboxylic acid groups (broad SMARTS) is 1. The number of carboxylic acids is 1. The molecular formula is C23H28N2O3. The van der Waals surface area contributed by atoms with Crippen molar-refractivity contribution < 1.29 is 14.7 Å². The number of hydrogen-bond acceptors (Lipinski definition) is 3. The van der Waals surface area contributed by atoms with Crippen LogP contribution >= 0.6 is 0 Å². The Kier molecular flexibility index (Phi) is 6.82. The van der Waals surface area contributed by atoms with E-state index in [9.17, 15) is 9.59 Å². The first-order valence-electron chi connectivity index (χ1n) is 9.95. The standard InChI is InChI=1S/C23H28N2O3/c1-2-25(16-22(26)27)20-14-19(15-20)24-23(28)21-11-7-6-10-18(21)13-12-17-8-4-3-5-9-17/h3-11,19-20H,2,12-16H2,1H3,(H,24,28)(H,26,27). The number of carbonyl (C=O) groups is 2. The van der Waals surface area contributed by atoms with Gasteiger partial charge < -0.3 is 10.4 Å². The number of aliphatic carboxylic acids is 1. The maximum atomic E-state index is 12.8. The van der Waals surface area contributed by atoms with Crippen molar-refractivity contribution in [2.45, 2.75) is 44.7 Å². The van der Waals surface area contributed by atoms with Crippen LogP contribution in [-0.4, -0.2) is 47.1 Å². The van der Waals surface area contributed by atoms with E-state index < -0.39 is 5.97 Å². The zero-order valence-corrected chi connectivity index (χ0v) is 16.3. The Labute approximate surface area is 166 Å². The number of hydrogen-bond donors (Lipinski definition) is 2. The average Bonchev–Trinajstić information content (AvgIpc) is 2.68. The van der Waals surface area contributed by atoms with Gasteiger partial charge in [-0.2, -0.15) is 0 Å². The highest BCUT2D eigenvalue weighted by Crippen LogP contribution is 2.26. The largest absolute Gasteiger partial charge is 0.480 e. The van der Waals surface area contributed by atoms with Gasteiger partial charge in [-0.15, -0.1) is 0 Å². The first-order valence-corrected chi connectivity index (χ1v) is 9.95. The van der Waals surface area contributed by atoms with Crippen LogP contribution in [-0.2, 0) is 17.6 Å². The Morgan fingerprint density at radius 1 is 1.04 bits per heavy atom. The van der Waals surface area contributed by atoms with E-state index in [-0.39, 0.29) is 24.5 Å². The fourth-order valence-electron chi connectivity index (χ4n) is 3.82. The summed E-state index contributed by atoms with van der Waals surface area (Å²) in [5.41, 5.74) is 3.05. The predicted octanol–water partition coefficient (Wildman–Crippen LogP) is 3.14. The quantitative estimate of drug-likeness (QED) is 0.701. The molecular weight excluding hydrogens is 352 g/mol. The van der Waals surface area contributed by atoms with Gasteiger partial charge in [0, 0.05) is 17.6 Å². The number of carbonyl (C=O) groups excluding carboxylic acids is 1. The van der Waals surface area contributed by atoms with Gasteiger partial charge in [-0.25, -0.2) is 0 Å². The van der Waals surface area contributed by atoms with Gasteiger partial charge in [0.15, 0.2) is 0 Å². The Hall–Kier alpha value is -2.66. The maximum absolute atomic E-state index is 12.8. The van der Waals surface area contributed by atoms with Gasteiger partial charge in [-0.3, -0.25) is 14.5 Å². The summed E-state index contributed by atoms with van der Waals surface area (Å²) in [4.78, 5) is 25.7. The third kappa shape index (κ3) is 5.20. The summed E-state index contributed by atoms with van der Waals surface area (Å²) < 4.78 is 0. The summed E-state index contributed by atoms with van der Waals surface area (Å²) in [6.45, 7) is 2.74. The van der Waals surface area contributed by atoms with Crippen LogP contribution in [0.2, 0.25) is 0 Å². The van der Waals surface area contributed by atoms with Crippen LogP contribution in [0.25, 0.3) is 0 Å². The van der Waals surface area contributed by atoms with Crippen LogP contribution in [0, 0.1) is 0 Å². The number of nitrogens with one attached hydrogen (secondary N) is 1. The lowest BCUT2D eigenvalue weighted by Crippen LogP contribution is -2.54. The molecule has 0 bridgehead atoms. The first kappa shape index (κ1) is 20.1. The van der Waals surface area contributed by atoms with Crippen molar-refractivity contribution in [3.05, 3.63) is 71.3 Å². The Balaban J connectivity index is 1.55. The van der Waals surface area contributed by atoms with Crippen LogP contribution in [0.15, 0.2) is 54.6 Å². The van der Waals surface area contributed by atoms with Crippen LogP contribution < -0.4 is 5.32 Å². The molecule has 148 valence electrons. The zero-order chi connectivity index (χ0) is 19.9. The molecule has 1 fully saturated rings. The third-order valence-corrected chi connectivity index (χ3v) is 5.50. The van der Waals surface area contributed by atoms with Gasteiger partial charge in [0.05, 0.1) is 6.54 Å². The van der Waals surface area contributed by atoms with Crippen molar-refractivity contribution in [1.82, 2.24) is 10.2 Å². The summed E-state index contributed by atoms with van der Waals surface area (Å²) in [5.74, 6) is -0.838. The van der Waals surface area contributed by atoms with E-state index >= 15 is 0 Å². The zero-order valence-electron chi connectivity index (χ0n) is 16.3. The van der Waals surface area contributed by atoms with E-state index in [1.807, 2.05) is 54.3 Å². The fourth-order valence-corrected chi connectivity index (χ4v) is 3.82. The summed E-state index contributed by atoms with van der Waals surface area (Å²) in [6.07, 6.45) is 3.33. The second-order valence-electron chi connectivity index (χ2n) is 7.40. The monoisotopic (exact) mass is 380 g/mol. The van der Waals surface area contributed by atoms with E-state index in [0.29, 0.717) is 6.54 Å². The molecule has 1 saturated carbocycles. The molecule has 0 saturated heterocycles.